The molecule has 0 radical (unpaired) electrons. The summed E-state index contributed by atoms with van der Waals surface area (Å²) in [6, 6.07) is 6.78. The number of carbonyl (C=O) groups is 3. The number of allylic oxidation sites excluding steroid dienone is 2. The van der Waals surface area contributed by atoms with Crippen LogP contribution in [0.25, 0.3) is 12.2 Å². The zero-order valence-corrected chi connectivity index (χ0v) is 20.4. The first-order valence-corrected chi connectivity index (χ1v) is 11.4. The maximum absolute atomic E-state index is 12.4. The van der Waals surface area contributed by atoms with Crippen LogP contribution in [0.15, 0.2) is 42.5 Å². The van der Waals surface area contributed by atoms with Crippen LogP contribution < -0.4 is 10.5 Å². The maximum atomic E-state index is 12.4. The van der Waals surface area contributed by atoms with Gasteiger partial charge in [0.05, 0.1) is 26.7 Å². The number of esters is 1. The van der Waals surface area contributed by atoms with Gasteiger partial charge in [-0.25, -0.2) is 4.79 Å². The monoisotopic (exact) mass is 498 g/mol. The lowest BCUT2D eigenvalue weighted by Crippen LogP contribution is -2.66. The van der Waals surface area contributed by atoms with Crippen LogP contribution in [0.1, 0.15) is 42.0 Å². The fourth-order valence-corrected chi connectivity index (χ4v) is 3.29. The number of ether oxygens (including phenoxy) is 2. The van der Waals surface area contributed by atoms with Crippen LogP contribution in [0.2, 0.25) is 0 Å². The van der Waals surface area contributed by atoms with Gasteiger partial charge in [0.2, 0.25) is 0 Å². The average Bonchev–Trinajstić information content (AvgIpc) is 2.86. The lowest BCUT2D eigenvalue weighted by atomic mass is 9.98. The Morgan fingerprint density at radius 3 is 2.33 bits per heavy atom. The molecular weight excluding hydrogens is 466 g/mol. The van der Waals surface area contributed by atoms with Crippen molar-refractivity contribution in [2.45, 2.75) is 38.8 Å². The van der Waals surface area contributed by atoms with Gasteiger partial charge < -0.3 is 30.5 Å². The molecule has 0 amide bonds. The summed E-state index contributed by atoms with van der Waals surface area (Å²) in [6.07, 6.45) is 5.97. The van der Waals surface area contributed by atoms with E-state index >= 15 is 0 Å². The number of hydrogen-bond donors (Lipinski definition) is 4. The first-order chi connectivity index (χ1) is 17.2. The maximum Gasteiger partial charge on any atom is 0.365 e. The van der Waals surface area contributed by atoms with Crippen molar-refractivity contribution in [1.29, 1.82) is 0 Å². The van der Waals surface area contributed by atoms with E-state index in [0.717, 1.165) is 0 Å². The molecule has 0 unspecified atom stereocenters. The van der Waals surface area contributed by atoms with Gasteiger partial charge in [-0.3, -0.25) is 9.59 Å². The number of quaternary nitrogens is 1. The lowest BCUT2D eigenvalue weighted by molar-refractivity contribution is -0.407. The molecule has 192 valence electrons. The highest BCUT2D eigenvalue weighted by atomic mass is 16.5. The molecule has 0 spiro atoms. The number of phenolic OH excluding ortho intramolecular Hbond substituents is 1. The van der Waals surface area contributed by atoms with Crippen molar-refractivity contribution in [2.75, 3.05) is 13.7 Å². The minimum Gasteiger partial charge on any atom is -0.508 e. The molecule has 0 bridgehead atoms. The molecule has 0 aliphatic carbocycles. The Labute approximate surface area is 209 Å². The molecule has 0 saturated heterocycles. The first-order valence-electron chi connectivity index (χ1n) is 11.4. The highest BCUT2D eigenvalue weighted by Crippen LogP contribution is 2.31. The SMILES string of the molecule is CCCOC(=O)[C@H]([NH3+])Cc1cc(O)c(OC)cc1/C=C/C(=O)CC(=O)/C=C/c1ccc(O)c(CO)c1. The van der Waals surface area contributed by atoms with E-state index < -0.39 is 23.6 Å². The normalized spacial score (nSPS) is 12.1. The third kappa shape index (κ3) is 8.37. The van der Waals surface area contributed by atoms with E-state index in [0.29, 0.717) is 28.7 Å². The van der Waals surface area contributed by atoms with Crippen molar-refractivity contribution in [3.63, 3.8) is 0 Å². The Bertz CT molecular complexity index is 1150. The van der Waals surface area contributed by atoms with Crippen molar-refractivity contribution in [3.8, 4) is 17.2 Å². The van der Waals surface area contributed by atoms with Gasteiger partial charge in [0.1, 0.15) is 5.75 Å². The second-order valence-corrected chi connectivity index (χ2v) is 8.11. The minimum atomic E-state index is -0.717. The summed E-state index contributed by atoms with van der Waals surface area (Å²) < 4.78 is 10.3. The van der Waals surface area contributed by atoms with Crippen molar-refractivity contribution in [2.24, 2.45) is 0 Å². The number of aromatic hydroxyl groups is 2. The largest absolute Gasteiger partial charge is 0.508 e. The summed E-state index contributed by atoms with van der Waals surface area (Å²) in [5.74, 6) is -1.31. The van der Waals surface area contributed by atoms with Crippen LogP contribution >= 0.6 is 0 Å². The van der Waals surface area contributed by atoms with Gasteiger partial charge in [0.15, 0.2) is 29.1 Å². The van der Waals surface area contributed by atoms with E-state index in [1.807, 2.05) is 6.92 Å². The fourth-order valence-electron chi connectivity index (χ4n) is 3.29. The van der Waals surface area contributed by atoms with Crippen molar-refractivity contribution in [3.05, 3.63) is 64.7 Å². The van der Waals surface area contributed by atoms with Crippen molar-refractivity contribution < 1.29 is 44.9 Å². The molecule has 0 aliphatic heterocycles. The quantitative estimate of drug-likeness (QED) is 0.185. The highest BCUT2D eigenvalue weighted by Gasteiger charge is 2.22. The smallest absolute Gasteiger partial charge is 0.365 e. The Morgan fingerprint density at radius 1 is 1.00 bits per heavy atom. The molecule has 9 heteroatoms. The van der Waals surface area contributed by atoms with Crippen LogP contribution in [0, 0.1) is 0 Å². The zero-order chi connectivity index (χ0) is 26.7. The first kappa shape index (κ1) is 28.3. The Morgan fingerprint density at radius 2 is 1.69 bits per heavy atom. The van der Waals surface area contributed by atoms with Crippen LogP contribution in [-0.4, -0.2) is 52.6 Å². The van der Waals surface area contributed by atoms with Gasteiger partial charge in [0.25, 0.3) is 0 Å². The summed E-state index contributed by atoms with van der Waals surface area (Å²) in [6.45, 7) is 1.83. The number of ketones is 2. The van der Waals surface area contributed by atoms with Crippen molar-refractivity contribution >= 4 is 29.7 Å². The summed E-state index contributed by atoms with van der Waals surface area (Å²) in [5.41, 5.74) is 5.84. The average molecular weight is 499 g/mol. The molecule has 0 heterocycles. The van der Waals surface area contributed by atoms with Gasteiger partial charge in [-0.1, -0.05) is 25.1 Å². The number of benzene rings is 2. The van der Waals surface area contributed by atoms with E-state index in [1.54, 1.807) is 6.07 Å². The third-order valence-corrected chi connectivity index (χ3v) is 5.22. The molecule has 36 heavy (non-hydrogen) atoms. The third-order valence-electron chi connectivity index (χ3n) is 5.22. The van der Waals surface area contributed by atoms with Gasteiger partial charge in [-0.15, -0.1) is 0 Å². The lowest BCUT2D eigenvalue weighted by Gasteiger charge is -2.13. The number of methoxy groups -OCH3 is 1. The number of aliphatic hydroxyl groups excluding tert-OH is 1. The summed E-state index contributed by atoms with van der Waals surface area (Å²) in [5, 5.41) is 29.0. The van der Waals surface area contributed by atoms with E-state index in [4.69, 9.17) is 9.47 Å². The van der Waals surface area contributed by atoms with E-state index in [-0.39, 0.29) is 43.3 Å². The van der Waals surface area contributed by atoms with Crippen molar-refractivity contribution in [1.82, 2.24) is 0 Å². The molecule has 2 aromatic carbocycles. The van der Waals surface area contributed by atoms with E-state index in [2.05, 4.69) is 5.73 Å². The zero-order valence-electron chi connectivity index (χ0n) is 20.4. The topological polar surface area (TPSA) is 158 Å². The number of carbonyl (C=O) groups excluding carboxylic acids is 3. The van der Waals surface area contributed by atoms with E-state index in [1.165, 1.54) is 55.7 Å². The van der Waals surface area contributed by atoms with E-state index in [9.17, 15) is 29.7 Å². The molecule has 0 aliphatic rings. The number of rotatable bonds is 13. The molecule has 6 N–H and O–H groups in total. The van der Waals surface area contributed by atoms with Crippen LogP contribution in [0.4, 0.5) is 0 Å². The predicted molar refractivity (Wildman–Crippen MR) is 133 cm³/mol. The summed E-state index contributed by atoms with van der Waals surface area (Å²) in [4.78, 5) is 36.7. The van der Waals surface area contributed by atoms with Gasteiger partial charge in [-0.05, 0) is 59.5 Å². The second kappa shape index (κ2) is 13.8. The summed E-state index contributed by atoms with van der Waals surface area (Å²) >= 11 is 0. The molecule has 0 fully saturated rings. The van der Waals surface area contributed by atoms with Gasteiger partial charge in [0, 0.05) is 12.0 Å². The molecule has 1 atom stereocenters. The predicted octanol–water partition coefficient (Wildman–Crippen LogP) is 1.96. The van der Waals surface area contributed by atoms with Crippen LogP contribution in [-0.2, 0) is 32.1 Å². The molecule has 2 aromatic rings. The number of phenols is 2. The fraction of sp³-hybridized carbons (Fsp3) is 0.296. The number of aliphatic hydroxyl groups is 1. The van der Waals surface area contributed by atoms with Gasteiger partial charge >= 0.3 is 5.97 Å². The molecule has 9 nitrogen and oxygen atoms in total. The number of hydrogen-bond acceptors (Lipinski definition) is 8. The molecule has 2 rings (SSSR count). The highest BCUT2D eigenvalue weighted by molar-refractivity contribution is 6.11. The summed E-state index contributed by atoms with van der Waals surface area (Å²) in [7, 11) is 1.39. The molecule has 0 aromatic heterocycles. The molecule has 0 saturated carbocycles. The Balaban J connectivity index is 2.12. The Hall–Kier alpha value is -3.95. The van der Waals surface area contributed by atoms with Gasteiger partial charge in [-0.2, -0.15) is 0 Å². The molecular formula is C27H32NO8+. The van der Waals surface area contributed by atoms with Crippen LogP contribution in [0.5, 0.6) is 17.2 Å². The second-order valence-electron chi connectivity index (χ2n) is 8.11. The van der Waals surface area contributed by atoms with Crippen LogP contribution in [0.3, 0.4) is 0 Å². The minimum absolute atomic E-state index is 0.0467. The standard InChI is InChI=1S/C27H31NO8/c1-3-10-36-27(34)23(28)12-19-13-25(33)26(35-2)14-18(19)6-8-22(31)15-21(30)7-4-17-5-9-24(32)20(11-17)16-29/h4-9,11,13-14,23,29,32-33H,3,10,12,15-16,28H2,1-2H3/p+1/b7-4+,8-6+/t23-/m1/s1. The Kier molecular flexibility index (Phi) is 10.9.